The first-order chi connectivity index (χ1) is 13.5. The molecule has 7 nitrogen and oxygen atoms in total. The highest BCUT2D eigenvalue weighted by molar-refractivity contribution is 5.97. The third-order valence-corrected chi connectivity index (χ3v) is 3.82. The lowest BCUT2D eigenvalue weighted by Crippen LogP contribution is -2.21. The molecule has 0 bridgehead atoms. The first-order valence-corrected chi connectivity index (χ1v) is 8.57. The molecule has 0 aliphatic heterocycles. The molecule has 28 heavy (non-hydrogen) atoms. The maximum Gasteiger partial charge on any atom is 0.312 e. The van der Waals surface area contributed by atoms with Gasteiger partial charge in [-0.1, -0.05) is 30.3 Å². The van der Waals surface area contributed by atoms with Crippen molar-refractivity contribution in [3.8, 4) is 11.5 Å². The fourth-order valence-corrected chi connectivity index (χ4v) is 2.46. The second-order valence-electron chi connectivity index (χ2n) is 6.03. The smallest absolute Gasteiger partial charge is 0.312 e. The van der Waals surface area contributed by atoms with E-state index in [1.807, 2.05) is 30.3 Å². The van der Waals surface area contributed by atoms with Gasteiger partial charge in [-0.05, 0) is 31.2 Å². The Morgan fingerprint density at radius 3 is 2.61 bits per heavy atom. The SMILES string of the molecule is CC(=O)c1cccc(NC(=O)COC(=O)Cc2coc(-c3ccccc3)n2)c1. The number of nitrogens with one attached hydrogen (secondary N) is 1. The van der Waals surface area contributed by atoms with Gasteiger partial charge in [-0.25, -0.2) is 4.98 Å². The number of carbonyl (C=O) groups is 3. The van der Waals surface area contributed by atoms with Crippen LogP contribution in [0, 0.1) is 0 Å². The number of esters is 1. The molecule has 0 aliphatic rings. The fraction of sp³-hybridized carbons (Fsp3) is 0.143. The van der Waals surface area contributed by atoms with Gasteiger partial charge in [0.05, 0.1) is 12.1 Å². The molecule has 3 aromatic rings. The van der Waals surface area contributed by atoms with Gasteiger partial charge in [0.2, 0.25) is 5.89 Å². The molecule has 0 atom stereocenters. The second kappa shape index (κ2) is 8.77. The van der Waals surface area contributed by atoms with Crippen LogP contribution in [0.5, 0.6) is 0 Å². The number of oxazole rings is 1. The molecule has 0 saturated carbocycles. The highest BCUT2D eigenvalue weighted by atomic mass is 16.5. The molecule has 142 valence electrons. The molecule has 1 amide bonds. The van der Waals surface area contributed by atoms with Crippen LogP contribution in [-0.2, 0) is 20.7 Å². The van der Waals surface area contributed by atoms with Gasteiger partial charge in [-0.15, -0.1) is 0 Å². The van der Waals surface area contributed by atoms with Crippen LogP contribution in [-0.4, -0.2) is 29.3 Å². The lowest BCUT2D eigenvalue weighted by Gasteiger charge is -2.07. The molecule has 0 unspecified atom stereocenters. The van der Waals surface area contributed by atoms with E-state index in [9.17, 15) is 14.4 Å². The molecule has 1 N–H and O–H groups in total. The van der Waals surface area contributed by atoms with E-state index in [1.54, 1.807) is 24.3 Å². The highest BCUT2D eigenvalue weighted by Gasteiger charge is 2.13. The Labute approximate surface area is 161 Å². The van der Waals surface area contributed by atoms with Crippen molar-refractivity contribution in [1.29, 1.82) is 0 Å². The predicted octanol–water partition coefficient (Wildman–Crippen LogP) is 3.27. The van der Waals surface area contributed by atoms with Crippen LogP contribution in [0.25, 0.3) is 11.5 Å². The summed E-state index contributed by atoms with van der Waals surface area (Å²) in [5.74, 6) is -0.795. The standard InChI is InChI=1S/C21H18N2O5/c1-14(24)16-8-5-9-17(10-16)22-19(25)13-27-20(26)11-18-12-28-21(23-18)15-6-3-2-4-7-15/h2-10,12H,11,13H2,1H3,(H,22,25). The minimum atomic E-state index is -0.597. The van der Waals surface area contributed by atoms with Crippen molar-refractivity contribution in [2.24, 2.45) is 0 Å². The van der Waals surface area contributed by atoms with E-state index in [0.29, 0.717) is 22.8 Å². The maximum atomic E-state index is 11.9. The number of ether oxygens (including phenoxy) is 1. The Morgan fingerprint density at radius 1 is 1.07 bits per heavy atom. The summed E-state index contributed by atoms with van der Waals surface area (Å²) < 4.78 is 10.3. The first-order valence-electron chi connectivity index (χ1n) is 8.57. The van der Waals surface area contributed by atoms with E-state index >= 15 is 0 Å². The van der Waals surface area contributed by atoms with Crippen LogP contribution in [0.3, 0.4) is 0 Å². The summed E-state index contributed by atoms with van der Waals surface area (Å²) in [7, 11) is 0. The number of amides is 1. The first kappa shape index (κ1) is 19.0. The van der Waals surface area contributed by atoms with Crippen molar-refractivity contribution in [1.82, 2.24) is 4.98 Å². The van der Waals surface area contributed by atoms with E-state index in [4.69, 9.17) is 9.15 Å². The van der Waals surface area contributed by atoms with Gasteiger partial charge < -0.3 is 14.5 Å². The number of rotatable bonds is 7. The normalized spacial score (nSPS) is 10.3. The molecule has 3 rings (SSSR count). The monoisotopic (exact) mass is 378 g/mol. The summed E-state index contributed by atoms with van der Waals surface area (Å²) in [6, 6.07) is 15.8. The molecule has 1 heterocycles. The van der Waals surface area contributed by atoms with Crippen molar-refractivity contribution in [3.05, 3.63) is 72.1 Å². The lowest BCUT2D eigenvalue weighted by molar-refractivity contribution is -0.146. The number of anilines is 1. The minimum absolute atomic E-state index is 0.106. The van der Waals surface area contributed by atoms with Gasteiger partial charge in [0.25, 0.3) is 5.91 Å². The molecule has 2 aromatic carbocycles. The summed E-state index contributed by atoms with van der Waals surface area (Å²) in [5, 5.41) is 2.58. The lowest BCUT2D eigenvalue weighted by atomic mass is 10.1. The van der Waals surface area contributed by atoms with E-state index in [2.05, 4.69) is 10.3 Å². The largest absolute Gasteiger partial charge is 0.455 e. The van der Waals surface area contributed by atoms with Crippen molar-refractivity contribution in [2.75, 3.05) is 11.9 Å². The Morgan fingerprint density at radius 2 is 1.86 bits per heavy atom. The van der Waals surface area contributed by atoms with E-state index < -0.39 is 18.5 Å². The molecule has 0 aliphatic carbocycles. The Hall–Kier alpha value is -3.74. The summed E-state index contributed by atoms with van der Waals surface area (Å²) in [5.41, 5.74) is 2.15. The van der Waals surface area contributed by atoms with Gasteiger partial charge >= 0.3 is 5.97 Å². The van der Waals surface area contributed by atoms with Crippen molar-refractivity contribution in [3.63, 3.8) is 0 Å². The van der Waals surface area contributed by atoms with E-state index in [0.717, 1.165) is 5.56 Å². The van der Waals surface area contributed by atoms with Gasteiger partial charge in [0.15, 0.2) is 12.4 Å². The zero-order chi connectivity index (χ0) is 19.9. The van der Waals surface area contributed by atoms with Gasteiger partial charge in [0.1, 0.15) is 6.26 Å². The zero-order valence-electron chi connectivity index (χ0n) is 15.2. The number of hydrogen-bond donors (Lipinski definition) is 1. The quantitative estimate of drug-likeness (QED) is 0.500. The van der Waals surface area contributed by atoms with Gasteiger partial charge in [0, 0.05) is 16.8 Å². The second-order valence-corrected chi connectivity index (χ2v) is 6.03. The highest BCUT2D eigenvalue weighted by Crippen LogP contribution is 2.18. The average molecular weight is 378 g/mol. The van der Waals surface area contributed by atoms with Gasteiger partial charge in [-0.2, -0.15) is 0 Å². The van der Waals surface area contributed by atoms with Crippen LogP contribution in [0.4, 0.5) is 5.69 Å². The topological polar surface area (TPSA) is 98.5 Å². The predicted molar refractivity (Wildman–Crippen MR) is 102 cm³/mol. The molecular formula is C21H18N2O5. The maximum absolute atomic E-state index is 11.9. The molecule has 0 saturated heterocycles. The zero-order valence-corrected chi connectivity index (χ0v) is 15.2. The Balaban J connectivity index is 1.49. The average Bonchev–Trinajstić information content (AvgIpc) is 3.16. The van der Waals surface area contributed by atoms with Crippen LogP contribution in [0.2, 0.25) is 0 Å². The molecule has 0 spiro atoms. The Bertz CT molecular complexity index is 995. The third-order valence-electron chi connectivity index (χ3n) is 3.82. The summed E-state index contributed by atoms with van der Waals surface area (Å²) >= 11 is 0. The van der Waals surface area contributed by atoms with E-state index in [-0.39, 0.29) is 12.2 Å². The number of aromatic nitrogens is 1. The number of hydrogen-bond acceptors (Lipinski definition) is 6. The molecule has 7 heteroatoms. The number of benzene rings is 2. The number of Topliss-reactive ketones (excluding diaryl/α,β-unsaturated/α-hetero) is 1. The minimum Gasteiger partial charge on any atom is -0.455 e. The van der Waals surface area contributed by atoms with Crippen LogP contribution < -0.4 is 5.32 Å². The molecule has 0 radical (unpaired) electrons. The fourth-order valence-electron chi connectivity index (χ4n) is 2.46. The van der Waals surface area contributed by atoms with E-state index in [1.165, 1.54) is 13.2 Å². The molecular weight excluding hydrogens is 360 g/mol. The van der Waals surface area contributed by atoms with Crippen LogP contribution >= 0.6 is 0 Å². The number of nitrogens with zero attached hydrogens (tertiary/aromatic N) is 1. The van der Waals surface area contributed by atoms with Gasteiger partial charge in [-0.3, -0.25) is 14.4 Å². The van der Waals surface area contributed by atoms with Crippen molar-refractivity contribution >= 4 is 23.3 Å². The third kappa shape index (κ3) is 5.14. The Kier molecular flexibility index (Phi) is 5.96. The van der Waals surface area contributed by atoms with Crippen LogP contribution in [0.1, 0.15) is 23.0 Å². The summed E-state index contributed by atoms with van der Waals surface area (Å²) in [6.07, 6.45) is 1.28. The number of carbonyl (C=O) groups excluding carboxylic acids is 3. The van der Waals surface area contributed by atoms with Crippen molar-refractivity contribution in [2.45, 2.75) is 13.3 Å². The van der Waals surface area contributed by atoms with Crippen molar-refractivity contribution < 1.29 is 23.5 Å². The number of ketones is 1. The van der Waals surface area contributed by atoms with Crippen LogP contribution in [0.15, 0.2) is 65.3 Å². The molecule has 1 aromatic heterocycles. The molecule has 0 fully saturated rings. The summed E-state index contributed by atoms with van der Waals surface area (Å²) in [6.45, 7) is 1.00. The summed E-state index contributed by atoms with van der Waals surface area (Å²) in [4.78, 5) is 39.5.